The van der Waals surface area contributed by atoms with E-state index in [1.807, 2.05) is 23.1 Å². The Hall–Kier alpha value is -2.92. The van der Waals surface area contributed by atoms with E-state index in [1.165, 1.54) is 34.6 Å². The average molecular weight is 545 g/mol. The lowest BCUT2D eigenvalue weighted by atomic mass is 9.75. The van der Waals surface area contributed by atoms with Crippen LogP contribution in [0.5, 0.6) is 0 Å². The van der Waals surface area contributed by atoms with Crippen LogP contribution in [0.15, 0.2) is 41.0 Å². The highest BCUT2D eigenvalue weighted by molar-refractivity contribution is 7.10. The molecule has 1 aliphatic carbocycles. The van der Waals surface area contributed by atoms with Crippen LogP contribution in [0.4, 0.5) is 13.2 Å². The van der Waals surface area contributed by atoms with Crippen molar-refractivity contribution in [3.8, 4) is 5.69 Å². The van der Waals surface area contributed by atoms with E-state index in [0.29, 0.717) is 29.6 Å². The number of hydrogen-bond donors (Lipinski definition) is 0. The van der Waals surface area contributed by atoms with Crippen LogP contribution in [-0.2, 0) is 19.8 Å². The number of hydrogen-bond acceptors (Lipinski definition) is 5. The van der Waals surface area contributed by atoms with Gasteiger partial charge < -0.3 is 4.57 Å². The molecule has 11 heteroatoms. The van der Waals surface area contributed by atoms with Gasteiger partial charge in [0.15, 0.2) is 0 Å². The number of alkyl halides is 3. The van der Waals surface area contributed by atoms with Crippen LogP contribution < -0.4 is 5.69 Å². The summed E-state index contributed by atoms with van der Waals surface area (Å²) >= 11 is 1.51. The Labute approximate surface area is 222 Å². The number of pyridine rings is 1. The second-order valence-electron chi connectivity index (χ2n) is 11.0. The topological polar surface area (TPSA) is 60.4 Å². The minimum atomic E-state index is -4.57. The Balaban J connectivity index is 1.40. The summed E-state index contributed by atoms with van der Waals surface area (Å²) in [6.45, 7) is 4.26. The smallest absolute Gasteiger partial charge is 0.320 e. The lowest BCUT2D eigenvalue weighted by Crippen LogP contribution is -2.34. The molecule has 0 aromatic carbocycles. The molecule has 2 fully saturated rings. The van der Waals surface area contributed by atoms with Gasteiger partial charge in [0.05, 0.1) is 22.7 Å². The number of piperidine rings is 1. The molecule has 2 aliphatic rings. The average Bonchev–Trinajstić information content (AvgIpc) is 3.55. The third-order valence-corrected chi connectivity index (χ3v) is 9.12. The first-order chi connectivity index (χ1) is 18.2. The van der Waals surface area contributed by atoms with E-state index in [2.05, 4.69) is 22.0 Å². The highest BCUT2D eigenvalue weighted by atomic mass is 32.1. The van der Waals surface area contributed by atoms with Crippen molar-refractivity contribution in [2.75, 3.05) is 13.1 Å². The summed E-state index contributed by atoms with van der Waals surface area (Å²) < 4.78 is 46.9. The number of imidazole rings is 1. The van der Waals surface area contributed by atoms with Crippen LogP contribution in [0, 0.1) is 11.8 Å². The van der Waals surface area contributed by atoms with E-state index >= 15 is 0 Å². The van der Waals surface area contributed by atoms with Gasteiger partial charge in [-0.05, 0) is 61.8 Å². The molecule has 0 N–H and O–H groups in total. The molecular formula is C27H31F3N6OS. The summed E-state index contributed by atoms with van der Waals surface area (Å²) in [4.78, 5) is 16.7. The van der Waals surface area contributed by atoms with Gasteiger partial charge in [-0.1, -0.05) is 13.3 Å². The number of aryl methyl sites for hydroxylation is 1. The molecule has 7 nitrogen and oxygen atoms in total. The third-order valence-electron chi connectivity index (χ3n) is 8.11. The molecule has 1 saturated heterocycles. The zero-order chi connectivity index (χ0) is 26.6. The predicted octanol–water partition coefficient (Wildman–Crippen LogP) is 5.46. The van der Waals surface area contributed by atoms with Gasteiger partial charge in [-0.2, -0.15) is 13.2 Å². The second-order valence-corrected chi connectivity index (χ2v) is 11.9. The first-order valence-corrected chi connectivity index (χ1v) is 14.1. The lowest BCUT2D eigenvalue weighted by Gasteiger charge is -2.32. The van der Waals surface area contributed by atoms with Crippen LogP contribution in [0.25, 0.3) is 11.2 Å². The standard InChI is InChI=1S/C27H31F3N6OS/c1-17-5-4-8-34(11-17)12-18-9-21(27(28,29)30)22-14-35(26(37)36(22)13-18)20-10-23(38-15-20)24(19-6-3-7-19)25-32-31-16-33(25)2/h9-10,13-17,19,24H,3-8,11-12H2,1-2H3/t17-,24?/m0/s1. The van der Waals surface area contributed by atoms with Crippen LogP contribution in [0.1, 0.15) is 66.8 Å². The van der Waals surface area contributed by atoms with Crippen molar-refractivity contribution in [3.05, 3.63) is 68.5 Å². The second kappa shape index (κ2) is 9.68. The van der Waals surface area contributed by atoms with Crippen molar-refractivity contribution in [1.82, 2.24) is 28.6 Å². The Morgan fingerprint density at radius 3 is 2.63 bits per heavy atom. The van der Waals surface area contributed by atoms with E-state index in [9.17, 15) is 18.0 Å². The van der Waals surface area contributed by atoms with Gasteiger partial charge in [0.2, 0.25) is 0 Å². The van der Waals surface area contributed by atoms with Crippen molar-refractivity contribution >= 4 is 16.9 Å². The molecule has 1 saturated carbocycles. The minimum absolute atomic E-state index is 0.0482. The first-order valence-electron chi connectivity index (χ1n) is 13.2. The van der Waals surface area contributed by atoms with E-state index < -0.39 is 17.4 Å². The van der Waals surface area contributed by atoms with Gasteiger partial charge in [-0.3, -0.25) is 13.9 Å². The molecular weight excluding hydrogens is 513 g/mol. The normalized spacial score (nSPS) is 20.2. The van der Waals surface area contributed by atoms with Gasteiger partial charge in [0, 0.05) is 42.8 Å². The predicted molar refractivity (Wildman–Crippen MR) is 140 cm³/mol. The fourth-order valence-electron chi connectivity index (χ4n) is 5.98. The number of nitrogens with zero attached hydrogens (tertiary/aromatic N) is 6. The molecule has 5 heterocycles. The summed E-state index contributed by atoms with van der Waals surface area (Å²) in [6, 6.07) is 3.13. The van der Waals surface area contributed by atoms with Gasteiger partial charge >= 0.3 is 11.9 Å². The maximum Gasteiger partial charge on any atom is 0.418 e. The fraction of sp³-hybridized carbons (Fsp3) is 0.519. The number of halogens is 3. The Bertz CT molecular complexity index is 1510. The Kier molecular flexibility index (Phi) is 6.46. The Morgan fingerprint density at radius 2 is 1.97 bits per heavy atom. The molecule has 0 radical (unpaired) electrons. The molecule has 1 unspecified atom stereocenters. The van der Waals surface area contributed by atoms with E-state index in [4.69, 9.17) is 0 Å². The Morgan fingerprint density at radius 1 is 1.16 bits per heavy atom. The molecule has 202 valence electrons. The SMILES string of the molecule is C[C@H]1CCCN(Cc2cc(C(F)(F)F)c3cn(-c4csc(C(c5nncn5C)C5CCC5)c4)c(=O)n3c2)C1. The van der Waals surface area contributed by atoms with Crippen LogP contribution in [0.3, 0.4) is 0 Å². The molecule has 4 aromatic rings. The lowest BCUT2D eigenvalue weighted by molar-refractivity contribution is -0.136. The van der Waals surface area contributed by atoms with E-state index in [0.717, 1.165) is 53.9 Å². The molecule has 6 rings (SSSR count). The van der Waals surface area contributed by atoms with Gasteiger partial charge in [0.25, 0.3) is 0 Å². The van der Waals surface area contributed by atoms with Gasteiger partial charge in [0.1, 0.15) is 12.2 Å². The number of fused-ring (bicyclic) bond motifs is 1. The maximum absolute atomic E-state index is 14.2. The van der Waals surface area contributed by atoms with E-state index in [-0.39, 0.29) is 11.4 Å². The van der Waals surface area contributed by atoms with Gasteiger partial charge in [-0.15, -0.1) is 21.5 Å². The van der Waals surface area contributed by atoms with Crippen LogP contribution in [-0.4, -0.2) is 41.7 Å². The minimum Gasteiger partial charge on any atom is -0.320 e. The molecule has 0 amide bonds. The zero-order valence-electron chi connectivity index (χ0n) is 21.5. The molecule has 4 aromatic heterocycles. The third kappa shape index (κ3) is 4.59. The molecule has 38 heavy (non-hydrogen) atoms. The highest BCUT2D eigenvalue weighted by Crippen LogP contribution is 2.44. The maximum atomic E-state index is 14.2. The molecule has 0 spiro atoms. The molecule has 0 bridgehead atoms. The molecule has 2 atom stereocenters. The van der Waals surface area contributed by atoms with Gasteiger partial charge in [-0.25, -0.2) is 4.79 Å². The summed E-state index contributed by atoms with van der Waals surface area (Å²) in [5, 5.41) is 10.2. The van der Waals surface area contributed by atoms with E-state index in [1.54, 1.807) is 12.5 Å². The number of rotatable bonds is 6. The number of thiophene rings is 1. The van der Waals surface area contributed by atoms with Crippen molar-refractivity contribution < 1.29 is 13.2 Å². The van der Waals surface area contributed by atoms with Crippen molar-refractivity contribution in [3.63, 3.8) is 0 Å². The summed E-state index contributed by atoms with van der Waals surface area (Å²) in [5.74, 6) is 1.86. The zero-order valence-corrected chi connectivity index (χ0v) is 22.3. The van der Waals surface area contributed by atoms with Crippen molar-refractivity contribution in [2.24, 2.45) is 18.9 Å². The first kappa shape index (κ1) is 25.4. The summed E-state index contributed by atoms with van der Waals surface area (Å²) in [6.07, 6.45) is 5.52. The van der Waals surface area contributed by atoms with Crippen LogP contribution in [0.2, 0.25) is 0 Å². The largest absolute Gasteiger partial charge is 0.418 e. The quantitative estimate of drug-likeness (QED) is 0.323. The van der Waals surface area contributed by atoms with Crippen molar-refractivity contribution in [2.45, 2.75) is 57.7 Å². The monoisotopic (exact) mass is 544 g/mol. The number of likely N-dealkylation sites (tertiary alicyclic amines) is 1. The number of aromatic nitrogens is 5. The van der Waals surface area contributed by atoms with Crippen molar-refractivity contribution in [1.29, 1.82) is 0 Å². The molecule has 1 aliphatic heterocycles. The van der Waals surface area contributed by atoms with Crippen LogP contribution >= 0.6 is 11.3 Å². The summed E-state index contributed by atoms with van der Waals surface area (Å²) in [5.41, 5.74) is -0.336. The fourth-order valence-corrected chi connectivity index (χ4v) is 7.05. The summed E-state index contributed by atoms with van der Waals surface area (Å²) in [7, 11) is 1.92. The highest BCUT2D eigenvalue weighted by Gasteiger charge is 2.36.